The van der Waals surface area contributed by atoms with Gasteiger partial charge in [-0.25, -0.2) is 0 Å². The lowest BCUT2D eigenvalue weighted by Gasteiger charge is -2.38. The quantitative estimate of drug-likeness (QED) is 0.652. The summed E-state index contributed by atoms with van der Waals surface area (Å²) in [6.07, 6.45) is 5.87. The van der Waals surface area contributed by atoms with E-state index in [4.69, 9.17) is 22.1 Å². The number of benzene rings is 2. The average Bonchev–Trinajstić information content (AvgIpc) is 2.73. The van der Waals surface area contributed by atoms with Crippen molar-refractivity contribution in [1.29, 1.82) is 0 Å². The summed E-state index contributed by atoms with van der Waals surface area (Å²) in [5.74, 6) is 0.889. The van der Waals surface area contributed by atoms with Gasteiger partial charge in [-0.1, -0.05) is 29.8 Å². The Morgan fingerprint density at radius 2 is 1.89 bits per heavy atom. The van der Waals surface area contributed by atoms with Gasteiger partial charge in [-0.15, -0.1) is 0 Å². The Morgan fingerprint density at radius 3 is 2.61 bits per heavy atom. The van der Waals surface area contributed by atoms with Crippen LogP contribution in [0.3, 0.4) is 0 Å². The summed E-state index contributed by atoms with van der Waals surface area (Å²) in [5, 5.41) is 5.50. The Hall–Kier alpha value is -2.14. The summed E-state index contributed by atoms with van der Waals surface area (Å²) < 4.78 is 5.22. The van der Waals surface area contributed by atoms with Crippen LogP contribution in [0.4, 0.5) is 0 Å². The fraction of sp³-hybridized carbons (Fsp3) is 0.348. The fourth-order valence-corrected chi connectivity index (χ4v) is 4.33. The summed E-state index contributed by atoms with van der Waals surface area (Å²) >= 11 is 6.13. The van der Waals surface area contributed by atoms with E-state index in [2.05, 4.69) is 28.5 Å². The molecule has 4 rings (SSSR count). The van der Waals surface area contributed by atoms with Crippen LogP contribution in [0.25, 0.3) is 10.9 Å². The molecule has 1 aliphatic carbocycles. The molecular formula is C23H26ClN3O. The summed E-state index contributed by atoms with van der Waals surface area (Å²) in [4.78, 5) is 4.46. The Bertz CT molecular complexity index is 950. The molecule has 0 atom stereocenters. The normalized spacial score (nSPS) is 22.3. The lowest BCUT2D eigenvalue weighted by atomic mass is 9.74. The molecular weight excluding hydrogens is 370 g/mol. The highest BCUT2D eigenvalue weighted by molar-refractivity contribution is 6.31. The minimum absolute atomic E-state index is 0.312. The number of nitrogens with one attached hydrogen (secondary N) is 1. The van der Waals surface area contributed by atoms with E-state index in [9.17, 15) is 0 Å². The smallest absolute Gasteiger partial charge is 0.118 e. The molecule has 3 aromatic rings. The molecule has 3 N–H and O–H groups in total. The van der Waals surface area contributed by atoms with E-state index in [1.807, 2.05) is 36.5 Å². The molecule has 1 saturated carbocycles. The van der Waals surface area contributed by atoms with Crippen molar-refractivity contribution in [3.63, 3.8) is 0 Å². The maximum atomic E-state index is 6.88. The third kappa shape index (κ3) is 4.00. The minimum atomic E-state index is -0.312. The number of hydrogen-bond donors (Lipinski definition) is 2. The highest BCUT2D eigenvalue weighted by atomic mass is 35.5. The predicted octanol–water partition coefficient (Wildman–Crippen LogP) is 4.78. The molecule has 4 nitrogen and oxygen atoms in total. The molecule has 1 fully saturated rings. The average molecular weight is 396 g/mol. The topological polar surface area (TPSA) is 60.2 Å². The summed E-state index contributed by atoms with van der Waals surface area (Å²) in [6, 6.07) is 16.6. The first-order valence-electron chi connectivity index (χ1n) is 9.77. The molecule has 0 spiro atoms. The van der Waals surface area contributed by atoms with Gasteiger partial charge in [0.15, 0.2) is 0 Å². The Kier molecular flexibility index (Phi) is 5.54. The molecule has 1 heterocycles. The van der Waals surface area contributed by atoms with Crippen LogP contribution in [0.5, 0.6) is 5.75 Å². The number of hydrogen-bond acceptors (Lipinski definition) is 4. The van der Waals surface area contributed by atoms with E-state index in [0.717, 1.165) is 48.9 Å². The first kappa shape index (κ1) is 19.2. The van der Waals surface area contributed by atoms with Crippen LogP contribution in [0.1, 0.15) is 36.8 Å². The van der Waals surface area contributed by atoms with Crippen molar-refractivity contribution in [2.45, 2.75) is 43.8 Å². The SMILES string of the molecule is COc1ccc(CNC2CCC(N)(c3ccnc4cc(Cl)ccc34)CC2)cc1. The van der Waals surface area contributed by atoms with Crippen LogP contribution >= 0.6 is 11.6 Å². The maximum Gasteiger partial charge on any atom is 0.118 e. The third-order valence-electron chi connectivity index (χ3n) is 5.87. The van der Waals surface area contributed by atoms with E-state index in [1.165, 1.54) is 11.1 Å². The van der Waals surface area contributed by atoms with Crippen molar-refractivity contribution in [1.82, 2.24) is 10.3 Å². The van der Waals surface area contributed by atoms with Crippen LogP contribution in [-0.4, -0.2) is 18.1 Å². The van der Waals surface area contributed by atoms with Gasteiger partial charge >= 0.3 is 0 Å². The zero-order valence-corrected chi connectivity index (χ0v) is 16.9. The second-order valence-electron chi connectivity index (χ2n) is 7.68. The van der Waals surface area contributed by atoms with Crippen LogP contribution in [-0.2, 0) is 12.1 Å². The molecule has 28 heavy (non-hydrogen) atoms. The van der Waals surface area contributed by atoms with Gasteiger partial charge in [0.05, 0.1) is 12.6 Å². The molecule has 1 aliphatic rings. The van der Waals surface area contributed by atoms with E-state index in [1.54, 1.807) is 7.11 Å². The van der Waals surface area contributed by atoms with Crippen molar-refractivity contribution in [3.8, 4) is 5.75 Å². The van der Waals surface area contributed by atoms with Gasteiger partial charge in [-0.2, -0.15) is 0 Å². The second kappa shape index (κ2) is 8.08. The van der Waals surface area contributed by atoms with Crippen molar-refractivity contribution < 1.29 is 4.74 Å². The summed E-state index contributed by atoms with van der Waals surface area (Å²) in [6.45, 7) is 0.864. The number of methoxy groups -OCH3 is 1. The van der Waals surface area contributed by atoms with E-state index >= 15 is 0 Å². The second-order valence-corrected chi connectivity index (χ2v) is 8.12. The van der Waals surface area contributed by atoms with Crippen molar-refractivity contribution in [2.24, 2.45) is 5.73 Å². The molecule has 2 aromatic carbocycles. The highest BCUT2D eigenvalue weighted by Crippen LogP contribution is 2.38. The monoisotopic (exact) mass is 395 g/mol. The standard InChI is InChI=1S/C23H26ClN3O/c1-28-19-5-2-16(3-6-19)15-27-18-8-11-23(25,12-9-18)21-10-13-26-22-14-17(24)4-7-20(21)22/h2-7,10,13-14,18,27H,8-9,11-12,15,25H2,1H3. The van der Waals surface area contributed by atoms with E-state index in [-0.39, 0.29) is 5.54 Å². The molecule has 5 heteroatoms. The molecule has 0 amide bonds. The number of aromatic nitrogens is 1. The fourth-order valence-electron chi connectivity index (χ4n) is 4.17. The maximum absolute atomic E-state index is 6.88. The number of pyridine rings is 1. The van der Waals surface area contributed by atoms with E-state index in [0.29, 0.717) is 11.1 Å². The van der Waals surface area contributed by atoms with Gasteiger partial charge in [0, 0.05) is 34.7 Å². The summed E-state index contributed by atoms with van der Waals surface area (Å²) in [5.41, 5.74) is 9.93. The highest BCUT2D eigenvalue weighted by Gasteiger charge is 2.34. The van der Waals surface area contributed by atoms with Crippen LogP contribution in [0.15, 0.2) is 54.7 Å². The van der Waals surface area contributed by atoms with Crippen LogP contribution < -0.4 is 15.8 Å². The van der Waals surface area contributed by atoms with Gasteiger partial charge in [0.25, 0.3) is 0 Å². The molecule has 1 aromatic heterocycles. The number of fused-ring (bicyclic) bond motifs is 1. The van der Waals surface area contributed by atoms with E-state index < -0.39 is 0 Å². The zero-order chi connectivity index (χ0) is 19.6. The van der Waals surface area contributed by atoms with Crippen molar-refractivity contribution >= 4 is 22.5 Å². The number of rotatable bonds is 5. The lowest BCUT2D eigenvalue weighted by molar-refractivity contribution is 0.252. The number of halogens is 1. The lowest BCUT2D eigenvalue weighted by Crippen LogP contribution is -2.45. The largest absolute Gasteiger partial charge is 0.497 e. The first-order valence-corrected chi connectivity index (χ1v) is 10.2. The summed E-state index contributed by atoms with van der Waals surface area (Å²) in [7, 11) is 1.69. The molecule has 0 unspecified atom stereocenters. The van der Waals surface area contributed by atoms with Gasteiger partial charge in [0.2, 0.25) is 0 Å². The predicted molar refractivity (Wildman–Crippen MR) is 115 cm³/mol. The molecule has 0 aliphatic heterocycles. The first-order chi connectivity index (χ1) is 13.6. The Labute approximate surface area is 171 Å². The minimum Gasteiger partial charge on any atom is -0.497 e. The zero-order valence-electron chi connectivity index (χ0n) is 16.1. The molecule has 0 radical (unpaired) electrons. The number of ether oxygens (including phenoxy) is 1. The number of nitrogens with two attached hydrogens (primary N) is 1. The van der Waals surface area contributed by atoms with Gasteiger partial charge in [-0.05, 0) is 67.1 Å². The third-order valence-corrected chi connectivity index (χ3v) is 6.11. The molecule has 0 bridgehead atoms. The van der Waals surface area contributed by atoms with Gasteiger partial charge in [-0.3, -0.25) is 4.98 Å². The van der Waals surface area contributed by atoms with Gasteiger partial charge in [0.1, 0.15) is 5.75 Å². The van der Waals surface area contributed by atoms with Crippen molar-refractivity contribution in [2.75, 3.05) is 7.11 Å². The van der Waals surface area contributed by atoms with Crippen LogP contribution in [0.2, 0.25) is 5.02 Å². The molecule has 146 valence electrons. The van der Waals surface area contributed by atoms with Gasteiger partial charge < -0.3 is 15.8 Å². The molecule has 0 saturated heterocycles. The Balaban J connectivity index is 1.41. The van der Waals surface area contributed by atoms with Crippen LogP contribution in [0, 0.1) is 0 Å². The Morgan fingerprint density at radius 1 is 1.14 bits per heavy atom. The number of nitrogens with zero attached hydrogens (tertiary/aromatic N) is 1. The van der Waals surface area contributed by atoms with Crippen molar-refractivity contribution in [3.05, 3.63) is 70.9 Å².